The van der Waals surface area contributed by atoms with Crippen LogP contribution in [0, 0.1) is 0 Å². The Bertz CT molecular complexity index is 356. The lowest BCUT2D eigenvalue weighted by Gasteiger charge is -2.05. The van der Waals surface area contributed by atoms with Gasteiger partial charge in [-0.2, -0.15) is 0 Å². The summed E-state index contributed by atoms with van der Waals surface area (Å²) in [5.74, 6) is 0.622. The molecule has 1 rings (SSSR count). The molecular weight excluding hydrogens is 192 g/mol. The van der Waals surface area contributed by atoms with Crippen molar-refractivity contribution in [2.24, 2.45) is 0 Å². The third-order valence-electron chi connectivity index (χ3n) is 2.06. The van der Waals surface area contributed by atoms with E-state index in [9.17, 15) is 9.90 Å². The smallest absolute Gasteiger partial charge is 0.160 e. The maximum Gasteiger partial charge on any atom is 0.160 e. The molecule has 3 nitrogen and oxygen atoms in total. The van der Waals surface area contributed by atoms with Crippen molar-refractivity contribution < 1.29 is 14.6 Å². The Labute approximate surface area is 89.0 Å². The maximum absolute atomic E-state index is 10.0. The number of hydrogen-bond acceptors (Lipinski definition) is 3. The van der Waals surface area contributed by atoms with Crippen molar-refractivity contribution in [1.29, 1.82) is 0 Å². The van der Waals surface area contributed by atoms with Gasteiger partial charge in [-0.05, 0) is 36.6 Å². The maximum atomic E-state index is 10.0. The summed E-state index contributed by atoms with van der Waals surface area (Å²) in [4.78, 5) is 10.0. The number of aryl methyl sites for hydroxylation is 1. The zero-order valence-electron chi connectivity index (χ0n) is 8.64. The predicted octanol–water partition coefficient (Wildman–Crippen LogP) is 2.09. The highest BCUT2D eigenvalue weighted by Crippen LogP contribution is 2.26. The molecule has 0 saturated heterocycles. The van der Waals surface area contributed by atoms with Gasteiger partial charge in [-0.3, -0.25) is 4.79 Å². The van der Waals surface area contributed by atoms with Gasteiger partial charge in [0.15, 0.2) is 11.5 Å². The number of carbonyl (C=O) groups excluding carboxylic acids is 1. The highest BCUT2D eigenvalue weighted by molar-refractivity contribution is 5.64. The first kappa shape index (κ1) is 11.3. The number of phenolic OH excluding ortho intramolecular Hbond substituents is 1. The van der Waals surface area contributed by atoms with Crippen molar-refractivity contribution in [2.75, 3.05) is 7.11 Å². The summed E-state index contributed by atoms with van der Waals surface area (Å²) in [5, 5.41) is 9.36. The number of hydrogen-bond donors (Lipinski definition) is 1. The molecule has 80 valence electrons. The Kier molecular flexibility index (Phi) is 4.41. The fraction of sp³-hybridized carbons (Fsp3) is 0.250. The zero-order valence-corrected chi connectivity index (χ0v) is 8.64. The Balaban J connectivity index is 2.62. The molecule has 1 N–H and O–H groups in total. The molecule has 0 amide bonds. The van der Waals surface area contributed by atoms with Gasteiger partial charge in [0.05, 0.1) is 7.11 Å². The summed E-state index contributed by atoms with van der Waals surface area (Å²) in [5.41, 5.74) is 1.07. The van der Waals surface area contributed by atoms with Crippen molar-refractivity contribution in [1.82, 2.24) is 0 Å². The van der Waals surface area contributed by atoms with Crippen LogP contribution in [0.3, 0.4) is 0 Å². The van der Waals surface area contributed by atoms with Crippen LogP contribution in [-0.4, -0.2) is 18.5 Å². The van der Waals surface area contributed by atoms with Gasteiger partial charge in [0.1, 0.15) is 6.29 Å². The number of aromatic hydroxyl groups is 1. The van der Waals surface area contributed by atoms with Crippen LogP contribution in [0.25, 0.3) is 0 Å². The predicted molar refractivity (Wildman–Crippen MR) is 58.2 cm³/mol. The first-order valence-corrected chi connectivity index (χ1v) is 4.74. The molecule has 0 radical (unpaired) electrons. The highest BCUT2D eigenvalue weighted by atomic mass is 16.5. The van der Waals surface area contributed by atoms with Crippen molar-refractivity contribution in [2.45, 2.75) is 12.8 Å². The molecule has 3 heteroatoms. The van der Waals surface area contributed by atoms with Crippen LogP contribution in [0.1, 0.15) is 12.0 Å². The van der Waals surface area contributed by atoms with Gasteiger partial charge in [-0.25, -0.2) is 0 Å². The molecule has 1 aromatic carbocycles. The van der Waals surface area contributed by atoms with Crippen molar-refractivity contribution in [3.05, 3.63) is 35.9 Å². The molecule has 0 saturated carbocycles. The minimum absolute atomic E-state index is 0.143. The molecule has 0 unspecified atom stereocenters. The summed E-state index contributed by atoms with van der Waals surface area (Å²) in [6.45, 7) is 0. The molecule has 0 heterocycles. The van der Waals surface area contributed by atoms with E-state index < -0.39 is 0 Å². The standard InChI is InChI=1S/C12H14O3/c1-15-12-9-10(6-7-11(12)14)5-3-2-4-8-13/h2,4,6-9,14H,3,5H2,1H3. The SMILES string of the molecule is COc1cc(CCC=CC=O)ccc1O. The van der Waals surface area contributed by atoms with Crippen molar-refractivity contribution in [3.8, 4) is 11.5 Å². The quantitative estimate of drug-likeness (QED) is 0.592. The fourth-order valence-corrected chi connectivity index (χ4v) is 1.28. The largest absolute Gasteiger partial charge is 0.504 e. The average molecular weight is 206 g/mol. The third-order valence-corrected chi connectivity index (χ3v) is 2.06. The van der Waals surface area contributed by atoms with Crippen LogP contribution in [0.5, 0.6) is 11.5 Å². The van der Waals surface area contributed by atoms with Crippen molar-refractivity contribution >= 4 is 6.29 Å². The van der Waals surface area contributed by atoms with E-state index in [0.717, 1.165) is 24.7 Å². The van der Waals surface area contributed by atoms with Crippen molar-refractivity contribution in [3.63, 3.8) is 0 Å². The minimum atomic E-state index is 0.143. The van der Waals surface area contributed by atoms with E-state index in [0.29, 0.717) is 5.75 Å². The molecule has 0 aliphatic rings. The van der Waals surface area contributed by atoms with E-state index >= 15 is 0 Å². The summed E-state index contributed by atoms with van der Waals surface area (Å²) in [6, 6.07) is 5.24. The molecule has 0 spiro atoms. The molecule has 0 aliphatic heterocycles. The van der Waals surface area contributed by atoms with E-state index in [1.807, 2.05) is 12.1 Å². The summed E-state index contributed by atoms with van der Waals surface area (Å²) >= 11 is 0. The van der Waals surface area contributed by atoms with Gasteiger partial charge in [-0.1, -0.05) is 12.1 Å². The van der Waals surface area contributed by atoms with E-state index in [-0.39, 0.29) is 5.75 Å². The number of rotatable bonds is 5. The van der Waals surface area contributed by atoms with Gasteiger partial charge in [-0.15, -0.1) is 0 Å². The molecular formula is C12H14O3. The molecule has 0 bridgehead atoms. The monoisotopic (exact) mass is 206 g/mol. The van der Waals surface area contributed by atoms with Crippen LogP contribution in [-0.2, 0) is 11.2 Å². The van der Waals surface area contributed by atoms with E-state index in [4.69, 9.17) is 4.74 Å². The van der Waals surface area contributed by atoms with Crippen LogP contribution < -0.4 is 4.74 Å². The zero-order chi connectivity index (χ0) is 11.1. The highest BCUT2D eigenvalue weighted by Gasteiger charge is 2.01. The Hall–Kier alpha value is -1.77. The lowest BCUT2D eigenvalue weighted by Crippen LogP contribution is -1.88. The summed E-state index contributed by atoms with van der Waals surface area (Å²) in [7, 11) is 1.52. The van der Waals surface area contributed by atoms with E-state index in [2.05, 4.69) is 0 Å². The Morgan fingerprint density at radius 3 is 2.93 bits per heavy atom. The number of carbonyl (C=O) groups is 1. The Morgan fingerprint density at radius 2 is 2.27 bits per heavy atom. The number of phenols is 1. The lowest BCUT2D eigenvalue weighted by molar-refractivity contribution is -0.104. The van der Waals surface area contributed by atoms with Crippen LogP contribution >= 0.6 is 0 Å². The normalized spacial score (nSPS) is 10.5. The molecule has 0 aromatic heterocycles. The van der Waals surface area contributed by atoms with Crippen LogP contribution in [0.15, 0.2) is 30.4 Å². The second kappa shape index (κ2) is 5.86. The van der Waals surface area contributed by atoms with Crippen LogP contribution in [0.2, 0.25) is 0 Å². The van der Waals surface area contributed by atoms with E-state index in [1.54, 1.807) is 12.1 Å². The lowest BCUT2D eigenvalue weighted by atomic mass is 10.1. The minimum Gasteiger partial charge on any atom is -0.504 e. The molecule has 15 heavy (non-hydrogen) atoms. The third kappa shape index (κ3) is 3.46. The molecule has 1 aromatic rings. The van der Waals surface area contributed by atoms with Gasteiger partial charge >= 0.3 is 0 Å². The first-order chi connectivity index (χ1) is 7.27. The molecule has 0 atom stereocenters. The molecule has 0 fully saturated rings. The summed E-state index contributed by atoms with van der Waals surface area (Å²) in [6.07, 6.45) is 5.68. The first-order valence-electron chi connectivity index (χ1n) is 4.74. The number of methoxy groups -OCH3 is 1. The number of aldehydes is 1. The average Bonchev–Trinajstić information content (AvgIpc) is 2.26. The Morgan fingerprint density at radius 1 is 1.47 bits per heavy atom. The topological polar surface area (TPSA) is 46.5 Å². The van der Waals surface area contributed by atoms with Gasteiger partial charge in [0, 0.05) is 0 Å². The number of benzene rings is 1. The van der Waals surface area contributed by atoms with Gasteiger partial charge < -0.3 is 9.84 Å². The second-order valence-electron chi connectivity index (χ2n) is 3.11. The summed E-state index contributed by atoms with van der Waals surface area (Å²) < 4.78 is 4.99. The number of allylic oxidation sites excluding steroid dienone is 2. The molecule has 0 aliphatic carbocycles. The fourth-order valence-electron chi connectivity index (χ4n) is 1.28. The van der Waals surface area contributed by atoms with Gasteiger partial charge in [0.25, 0.3) is 0 Å². The van der Waals surface area contributed by atoms with E-state index in [1.165, 1.54) is 13.2 Å². The van der Waals surface area contributed by atoms with Crippen LogP contribution in [0.4, 0.5) is 0 Å². The number of ether oxygens (including phenoxy) is 1. The second-order valence-corrected chi connectivity index (χ2v) is 3.11. The van der Waals surface area contributed by atoms with Gasteiger partial charge in [0.2, 0.25) is 0 Å².